The molecule has 0 aliphatic rings. The molecule has 0 aliphatic carbocycles. The third-order valence-corrected chi connectivity index (χ3v) is 3.27. The molecule has 0 spiro atoms. The Morgan fingerprint density at radius 2 is 1.62 bits per heavy atom. The molecule has 1 nitrogen and oxygen atoms in total. The molecule has 2 aromatic carbocycles. The summed E-state index contributed by atoms with van der Waals surface area (Å²) < 4.78 is 51.3. The molecular weight excluding hydrogens is 308 g/mol. The van der Waals surface area contributed by atoms with Gasteiger partial charge in [0.1, 0.15) is 5.82 Å². The Labute approximate surface area is 123 Å². The Kier molecular flexibility index (Phi) is 4.05. The molecule has 0 amide bonds. The monoisotopic (exact) mass is 316 g/mol. The standard InChI is InChI=1S/C15H9ClF4O/c1-8(21)11-4-2-10(7-13(11)16)9-3-5-14(17)12(6-9)15(18,19)20/h2-7H,1H3. The zero-order valence-electron chi connectivity index (χ0n) is 10.8. The van der Waals surface area contributed by atoms with Crippen LogP contribution in [0.2, 0.25) is 5.02 Å². The lowest BCUT2D eigenvalue weighted by Gasteiger charge is -2.11. The molecule has 0 heterocycles. The van der Waals surface area contributed by atoms with E-state index in [4.69, 9.17) is 11.6 Å². The lowest BCUT2D eigenvalue weighted by Crippen LogP contribution is -2.08. The van der Waals surface area contributed by atoms with Gasteiger partial charge in [-0.25, -0.2) is 4.39 Å². The average Bonchev–Trinajstić information content (AvgIpc) is 2.37. The van der Waals surface area contributed by atoms with Crippen LogP contribution in [0.5, 0.6) is 0 Å². The number of rotatable bonds is 2. The molecule has 0 saturated carbocycles. The van der Waals surface area contributed by atoms with Crippen molar-refractivity contribution in [2.24, 2.45) is 0 Å². The van der Waals surface area contributed by atoms with E-state index in [0.29, 0.717) is 11.6 Å². The second-order valence-corrected chi connectivity index (χ2v) is 4.85. The van der Waals surface area contributed by atoms with Crippen molar-refractivity contribution in [3.8, 4) is 11.1 Å². The van der Waals surface area contributed by atoms with Gasteiger partial charge < -0.3 is 0 Å². The number of hydrogen-bond donors (Lipinski definition) is 0. The number of Topliss-reactive ketones (excluding diaryl/α,β-unsaturated/α-hetero) is 1. The summed E-state index contributed by atoms with van der Waals surface area (Å²) in [6, 6.07) is 6.97. The SMILES string of the molecule is CC(=O)c1ccc(-c2ccc(F)c(C(F)(F)F)c2)cc1Cl. The summed E-state index contributed by atoms with van der Waals surface area (Å²) in [5.41, 5.74) is -0.526. The highest BCUT2D eigenvalue weighted by atomic mass is 35.5. The van der Waals surface area contributed by atoms with Crippen LogP contribution in [-0.4, -0.2) is 5.78 Å². The van der Waals surface area contributed by atoms with Crippen LogP contribution in [0.25, 0.3) is 11.1 Å². The molecular formula is C15H9ClF4O. The molecule has 0 radical (unpaired) electrons. The smallest absolute Gasteiger partial charge is 0.294 e. The highest BCUT2D eigenvalue weighted by Crippen LogP contribution is 2.35. The molecule has 0 unspecified atom stereocenters. The Hall–Kier alpha value is -1.88. The van der Waals surface area contributed by atoms with Crippen molar-refractivity contribution in [2.45, 2.75) is 13.1 Å². The van der Waals surface area contributed by atoms with Crippen LogP contribution < -0.4 is 0 Å². The Balaban J connectivity index is 2.53. The number of hydrogen-bond acceptors (Lipinski definition) is 1. The maximum absolute atomic E-state index is 13.2. The molecule has 6 heteroatoms. The molecule has 0 atom stereocenters. The van der Waals surface area contributed by atoms with Crippen molar-refractivity contribution in [2.75, 3.05) is 0 Å². The first-order valence-electron chi connectivity index (χ1n) is 5.88. The summed E-state index contributed by atoms with van der Waals surface area (Å²) in [7, 11) is 0. The van der Waals surface area contributed by atoms with Crippen LogP contribution in [0.4, 0.5) is 17.6 Å². The minimum atomic E-state index is -4.77. The van der Waals surface area contributed by atoms with Crippen molar-refractivity contribution in [3.05, 3.63) is 58.4 Å². The average molecular weight is 317 g/mol. The fourth-order valence-corrected chi connectivity index (χ4v) is 2.22. The number of carbonyl (C=O) groups excluding carboxylic acids is 1. The highest BCUT2D eigenvalue weighted by molar-refractivity contribution is 6.34. The number of alkyl halides is 3. The van der Waals surface area contributed by atoms with Gasteiger partial charge in [0, 0.05) is 5.56 Å². The molecule has 0 saturated heterocycles. The van der Waals surface area contributed by atoms with E-state index in [1.165, 1.54) is 31.2 Å². The van der Waals surface area contributed by atoms with E-state index < -0.39 is 17.6 Å². The summed E-state index contributed by atoms with van der Waals surface area (Å²) in [6.45, 7) is 1.33. The van der Waals surface area contributed by atoms with E-state index in [9.17, 15) is 22.4 Å². The molecule has 0 fully saturated rings. The molecule has 2 aromatic rings. The number of ketones is 1. The van der Waals surface area contributed by atoms with Gasteiger partial charge in [-0.2, -0.15) is 13.2 Å². The summed E-state index contributed by atoms with van der Waals surface area (Å²) in [5, 5.41) is 0.137. The van der Waals surface area contributed by atoms with Crippen LogP contribution >= 0.6 is 11.6 Å². The molecule has 0 aliphatic heterocycles. The van der Waals surface area contributed by atoms with Gasteiger partial charge in [0.15, 0.2) is 5.78 Å². The van der Waals surface area contributed by atoms with Gasteiger partial charge in [-0.1, -0.05) is 23.7 Å². The van der Waals surface area contributed by atoms with Crippen LogP contribution in [-0.2, 0) is 6.18 Å². The van der Waals surface area contributed by atoms with Crippen LogP contribution in [0.15, 0.2) is 36.4 Å². The van der Waals surface area contributed by atoms with Crippen LogP contribution in [0, 0.1) is 5.82 Å². The largest absolute Gasteiger partial charge is 0.419 e. The molecule has 21 heavy (non-hydrogen) atoms. The van der Waals surface area contributed by atoms with Crippen molar-refractivity contribution >= 4 is 17.4 Å². The highest BCUT2D eigenvalue weighted by Gasteiger charge is 2.34. The Morgan fingerprint density at radius 3 is 2.14 bits per heavy atom. The Bertz CT molecular complexity index is 707. The second-order valence-electron chi connectivity index (χ2n) is 4.44. The molecule has 0 bridgehead atoms. The van der Waals surface area contributed by atoms with E-state index in [1.54, 1.807) is 0 Å². The zero-order valence-corrected chi connectivity index (χ0v) is 11.5. The van der Waals surface area contributed by atoms with Gasteiger partial charge in [-0.3, -0.25) is 4.79 Å². The van der Waals surface area contributed by atoms with Gasteiger partial charge in [-0.05, 0) is 42.3 Å². The van der Waals surface area contributed by atoms with Crippen molar-refractivity contribution in [1.29, 1.82) is 0 Å². The normalized spacial score (nSPS) is 11.5. The first-order valence-corrected chi connectivity index (χ1v) is 6.25. The molecule has 2 rings (SSSR count). The fraction of sp³-hybridized carbons (Fsp3) is 0.133. The Morgan fingerprint density at radius 1 is 1.05 bits per heavy atom. The third kappa shape index (κ3) is 3.24. The summed E-state index contributed by atoms with van der Waals surface area (Å²) in [4.78, 5) is 11.3. The van der Waals surface area contributed by atoms with E-state index in [-0.39, 0.29) is 21.9 Å². The van der Waals surface area contributed by atoms with Crippen LogP contribution in [0.3, 0.4) is 0 Å². The van der Waals surface area contributed by atoms with Crippen molar-refractivity contribution in [3.63, 3.8) is 0 Å². The van der Waals surface area contributed by atoms with Gasteiger partial charge in [0.05, 0.1) is 10.6 Å². The maximum atomic E-state index is 13.2. The quantitative estimate of drug-likeness (QED) is 0.538. The molecule has 0 N–H and O–H groups in total. The minimum absolute atomic E-state index is 0.137. The zero-order chi connectivity index (χ0) is 15.8. The number of halogens is 5. The van der Waals surface area contributed by atoms with E-state index >= 15 is 0 Å². The van der Waals surface area contributed by atoms with Crippen molar-refractivity contribution in [1.82, 2.24) is 0 Å². The predicted octanol–water partition coefficient (Wildman–Crippen LogP) is 5.37. The van der Waals surface area contributed by atoms with Crippen molar-refractivity contribution < 1.29 is 22.4 Å². The van der Waals surface area contributed by atoms with Gasteiger partial charge in [0.25, 0.3) is 0 Å². The summed E-state index contributed by atoms with van der Waals surface area (Å²) in [6.07, 6.45) is -4.77. The minimum Gasteiger partial charge on any atom is -0.294 e. The van der Waals surface area contributed by atoms with E-state index in [1.807, 2.05) is 0 Å². The number of carbonyl (C=O) groups is 1. The molecule has 0 aromatic heterocycles. The molecule has 110 valence electrons. The third-order valence-electron chi connectivity index (χ3n) is 2.95. The number of benzene rings is 2. The predicted molar refractivity (Wildman–Crippen MR) is 71.9 cm³/mol. The lowest BCUT2D eigenvalue weighted by molar-refractivity contribution is -0.139. The first kappa shape index (κ1) is 15.5. The second kappa shape index (κ2) is 5.48. The first-order chi connectivity index (χ1) is 9.70. The summed E-state index contributed by atoms with van der Waals surface area (Å²) >= 11 is 5.92. The van der Waals surface area contributed by atoms with Gasteiger partial charge >= 0.3 is 6.18 Å². The van der Waals surface area contributed by atoms with E-state index in [0.717, 1.165) is 6.07 Å². The fourth-order valence-electron chi connectivity index (χ4n) is 1.90. The lowest BCUT2D eigenvalue weighted by atomic mass is 10.0. The topological polar surface area (TPSA) is 17.1 Å². The summed E-state index contributed by atoms with van der Waals surface area (Å²) in [5.74, 6) is -1.58. The van der Waals surface area contributed by atoms with E-state index in [2.05, 4.69) is 0 Å². The van der Waals surface area contributed by atoms with Crippen LogP contribution in [0.1, 0.15) is 22.8 Å². The van der Waals surface area contributed by atoms with Gasteiger partial charge in [-0.15, -0.1) is 0 Å². The van der Waals surface area contributed by atoms with Gasteiger partial charge in [0.2, 0.25) is 0 Å². The maximum Gasteiger partial charge on any atom is 0.419 e.